The molecule has 3 nitrogen and oxygen atoms in total. The number of aliphatic imine (C=N–C) groups is 1. The van der Waals surface area contributed by atoms with Crippen LogP contribution in [-0.2, 0) is 0 Å². The maximum Gasteiger partial charge on any atom is 0.179 e. The number of halogens is 1. The van der Waals surface area contributed by atoms with Crippen molar-refractivity contribution < 1.29 is 0 Å². The summed E-state index contributed by atoms with van der Waals surface area (Å²) in [7, 11) is 0. The smallest absolute Gasteiger partial charge is 0.179 e. The number of nitrogens with zero attached hydrogens (tertiary/aromatic N) is 2. The van der Waals surface area contributed by atoms with E-state index in [0.29, 0.717) is 5.11 Å². The molecular weight excluding hydrogens is 330 g/mol. The molecular formula is C12H12BrN3S2. The molecule has 0 bridgehead atoms. The molecule has 0 saturated carbocycles. The van der Waals surface area contributed by atoms with Crippen LogP contribution in [0.1, 0.15) is 0 Å². The molecule has 1 aromatic carbocycles. The first-order valence-electron chi connectivity index (χ1n) is 5.36. The van der Waals surface area contributed by atoms with Gasteiger partial charge in [0.1, 0.15) is 0 Å². The van der Waals surface area contributed by atoms with Crippen LogP contribution in [0.3, 0.4) is 0 Å². The maximum absolute atomic E-state index is 5.40. The van der Waals surface area contributed by atoms with Crippen LogP contribution < -0.4 is 5.32 Å². The molecule has 0 amide bonds. The largest absolute Gasteiger partial charge is 0.332 e. The summed E-state index contributed by atoms with van der Waals surface area (Å²) in [6.45, 7) is 4.49. The maximum atomic E-state index is 5.40. The summed E-state index contributed by atoms with van der Waals surface area (Å²) in [5.74, 6) is 0.993. The van der Waals surface area contributed by atoms with Crippen molar-refractivity contribution in [2.75, 3.05) is 17.6 Å². The van der Waals surface area contributed by atoms with Crippen molar-refractivity contribution in [1.82, 2.24) is 4.90 Å². The number of benzene rings is 1. The molecule has 1 aromatic rings. The van der Waals surface area contributed by atoms with Crippen LogP contribution in [0.25, 0.3) is 0 Å². The normalized spacial score (nSPS) is 16.9. The average Bonchev–Trinajstić information content (AvgIpc) is 2.78. The van der Waals surface area contributed by atoms with Gasteiger partial charge in [0.2, 0.25) is 0 Å². The van der Waals surface area contributed by atoms with E-state index in [1.165, 1.54) is 0 Å². The van der Waals surface area contributed by atoms with E-state index >= 15 is 0 Å². The van der Waals surface area contributed by atoms with E-state index in [9.17, 15) is 0 Å². The van der Waals surface area contributed by atoms with Gasteiger partial charge in [-0.1, -0.05) is 40.3 Å². The zero-order valence-electron chi connectivity index (χ0n) is 9.60. The molecule has 1 aliphatic heterocycles. The molecule has 6 heteroatoms. The van der Waals surface area contributed by atoms with E-state index in [2.05, 4.69) is 32.8 Å². The predicted molar refractivity (Wildman–Crippen MR) is 87.2 cm³/mol. The van der Waals surface area contributed by atoms with Gasteiger partial charge in [-0.3, -0.25) is 4.90 Å². The summed E-state index contributed by atoms with van der Waals surface area (Å²) in [4.78, 5) is 6.21. The van der Waals surface area contributed by atoms with Gasteiger partial charge in [0.05, 0.1) is 0 Å². The third-order valence-corrected chi connectivity index (χ3v) is 4.09. The summed E-state index contributed by atoms with van der Waals surface area (Å²) >= 11 is 10.5. The average molecular weight is 342 g/mol. The summed E-state index contributed by atoms with van der Waals surface area (Å²) in [6.07, 6.45) is 1.54. The molecule has 0 aromatic heterocycles. The number of rotatable bonds is 2. The first-order valence-corrected chi connectivity index (χ1v) is 7.55. The van der Waals surface area contributed by atoms with E-state index in [1.54, 1.807) is 18.0 Å². The Hall–Kier alpha value is -0.850. The van der Waals surface area contributed by atoms with Gasteiger partial charge >= 0.3 is 0 Å². The van der Waals surface area contributed by atoms with Gasteiger partial charge in [0.15, 0.2) is 10.3 Å². The number of hydrogen-bond acceptors (Lipinski definition) is 3. The minimum Gasteiger partial charge on any atom is -0.332 e. The second-order valence-electron chi connectivity index (χ2n) is 3.53. The van der Waals surface area contributed by atoms with E-state index in [4.69, 9.17) is 12.2 Å². The Morgan fingerprint density at radius 2 is 2.44 bits per heavy atom. The van der Waals surface area contributed by atoms with Crippen LogP contribution in [0.2, 0.25) is 0 Å². The lowest BCUT2D eigenvalue weighted by Gasteiger charge is -2.19. The summed E-state index contributed by atoms with van der Waals surface area (Å²) < 4.78 is 1.02. The van der Waals surface area contributed by atoms with Crippen LogP contribution in [0.5, 0.6) is 0 Å². The third-order valence-electron chi connectivity index (χ3n) is 2.30. The Labute approximate surface area is 124 Å². The van der Waals surface area contributed by atoms with Gasteiger partial charge in [0, 0.05) is 28.7 Å². The fourth-order valence-corrected chi connectivity index (χ4v) is 3.23. The highest BCUT2D eigenvalue weighted by Crippen LogP contribution is 2.21. The first-order chi connectivity index (χ1) is 8.70. The lowest BCUT2D eigenvalue weighted by atomic mass is 10.3. The van der Waals surface area contributed by atoms with Crippen LogP contribution in [0, 0.1) is 0 Å². The molecule has 1 saturated heterocycles. The molecule has 1 heterocycles. The molecule has 18 heavy (non-hydrogen) atoms. The van der Waals surface area contributed by atoms with Crippen molar-refractivity contribution in [2.24, 2.45) is 4.99 Å². The Morgan fingerprint density at radius 3 is 3.17 bits per heavy atom. The van der Waals surface area contributed by atoms with Crippen LogP contribution in [0.4, 0.5) is 5.69 Å². The van der Waals surface area contributed by atoms with Crippen LogP contribution >= 0.6 is 39.9 Å². The Bertz CT molecular complexity index is 502. The monoisotopic (exact) mass is 341 g/mol. The van der Waals surface area contributed by atoms with Crippen molar-refractivity contribution in [1.29, 1.82) is 0 Å². The van der Waals surface area contributed by atoms with Crippen molar-refractivity contribution in [2.45, 2.75) is 0 Å². The van der Waals surface area contributed by atoms with Gasteiger partial charge < -0.3 is 5.32 Å². The van der Waals surface area contributed by atoms with Crippen molar-refractivity contribution in [3.63, 3.8) is 0 Å². The van der Waals surface area contributed by atoms with Gasteiger partial charge in [-0.25, -0.2) is 4.99 Å². The van der Waals surface area contributed by atoms with Gasteiger partial charge in [0.25, 0.3) is 0 Å². The van der Waals surface area contributed by atoms with Crippen LogP contribution in [0.15, 0.2) is 46.5 Å². The standard InChI is InChI=1S/C12H12BrN3S2/c1-2-14-12-16(6-7-18-12)11(17)15-10-5-3-4-9(13)8-10/h2-5,8H,1,6-7H2,(H,15,17)/b14-12+. The first kappa shape index (κ1) is 13.6. The third kappa shape index (κ3) is 3.34. The van der Waals surface area contributed by atoms with E-state index in [1.807, 2.05) is 29.2 Å². The van der Waals surface area contributed by atoms with E-state index < -0.39 is 0 Å². The number of anilines is 1. The van der Waals surface area contributed by atoms with E-state index in [-0.39, 0.29) is 0 Å². The van der Waals surface area contributed by atoms with Gasteiger partial charge in [-0.15, -0.1) is 0 Å². The molecule has 2 rings (SSSR count). The van der Waals surface area contributed by atoms with Crippen molar-refractivity contribution in [3.8, 4) is 0 Å². The van der Waals surface area contributed by atoms with Crippen LogP contribution in [-0.4, -0.2) is 27.5 Å². The second-order valence-corrected chi connectivity index (χ2v) is 5.90. The molecule has 0 unspecified atom stereocenters. The molecule has 1 fully saturated rings. The van der Waals surface area contributed by atoms with Crippen molar-refractivity contribution >= 4 is 55.9 Å². The highest BCUT2D eigenvalue weighted by atomic mass is 79.9. The molecule has 1 N–H and O–H groups in total. The molecule has 0 atom stereocenters. The number of nitrogens with one attached hydrogen (secondary N) is 1. The lowest BCUT2D eigenvalue weighted by molar-refractivity contribution is 0.687. The SMILES string of the molecule is C=C/N=C1/SCCN1C(=S)Nc1cccc(Br)c1. The summed E-state index contributed by atoms with van der Waals surface area (Å²) in [5.41, 5.74) is 0.962. The Kier molecular flexibility index (Phi) is 4.79. The predicted octanol–water partition coefficient (Wildman–Crippen LogP) is 3.69. The number of thioether (sulfide) groups is 1. The zero-order chi connectivity index (χ0) is 13.0. The summed E-state index contributed by atoms with van der Waals surface area (Å²) in [6, 6.07) is 7.90. The minimum absolute atomic E-state index is 0.665. The topological polar surface area (TPSA) is 27.6 Å². The Morgan fingerprint density at radius 1 is 1.61 bits per heavy atom. The van der Waals surface area contributed by atoms with Crippen molar-refractivity contribution in [3.05, 3.63) is 41.5 Å². The van der Waals surface area contributed by atoms with Gasteiger partial charge in [-0.05, 0) is 30.4 Å². The molecule has 94 valence electrons. The lowest BCUT2D eigenvalue weighted by Crippen LogP contribution is -2.35. The zero-order valence-corrected chi connectivity index (χ0v) is 12.8. The summed E-state index contributed by atoms with van der Waals surface area (Å²) in [5, 5.41) is 4.78. The second kappa shape index (κ2) is 6.36. The number of amidine groups is 1. The minimum atomic E-state index is 0.665. The number of thiocarbonyl (C=S) groups is 1. The highest BCUT2D eigenvalue weighted by Gasteiger charge is 2.22. The molecule has 0 radical (unpaired) electrons. The highest BCUT2D eigenvalue weighted by molar-refractivity contribution is 9.10. The molecule has 0 spiro atoms. The Balaban J connectivity index is 2.08. The fourth-order valence-electron chi connectivity index (χ4n) is 1.53. The molecule has 0 aliphatic carbocycles. The quantitative estimate of drug-likeness (QED) is 0.830. The molecule has 1 aliphatic rings. The van der Waals surface area contributed by atoms with E-state index in [0.717, 1.165) is 27.6 Å². The number of hydrogen-bond donors (Lipinski definition) is 1. The fraction of sp³-hybridized carbons (Fsp3) is 0.167. The van der Waals surface area contributed by atoms with Gasteiger partial charge in [-0.2, -0.15) is 0 Å².